The molecule has 1 fully saturated rings. The highest BCUT2D eigenvalue weighted by Gasteiger charge is 2.14. The molecular formula is C17H20ClN5O2. The Morgan fingerprint density at radius 3 is 2.72 bits per heavy atom. The fraction of sp³-hybridized carbons (Fsp3) is 0.353. The van der Waals surface area contributed by atoms with Gasteiger partial charge in [0.25, 0.3) is 0 Å². The molecule has 3 rings (SSSR count). The number of carbonyl (C=O) groups is 1. The summed E-state index contributed by atoms with van der Waals surface area (Å²) >= 11 is 5.97. The fourth-order valence-electron chi connectivity index (χ4n) is 2.76. The van der Waals surface area contributed by atoms with Crippen LogP contribution in [0.25, 0.3) is 0 Å². The summed E-state index contributed by atoms with van der Waals surface area (Å²) < 4.78 is 5.22. The van der Waals surface area contributed by atoms with Gasteiger partial charge in [0.1, 0.15) is 23.7 Å². The molecule has 0 spiro atoms. The van der Waals surface area contributed by atoms with Crippen molar-refractivity contribution in [1.29, 1.82) is 0 Å². The summed E-state index contributed by atoms with van der Waals surface area (Å²) in [6.07, 6.45) is 5.01. The third kappa shape index (κ3) is 4.51. The van der Waals surface area contributed by atoms with E-state index in [1.165, 1.54) is 19.9 Å². The van der Waals surface area contributed by atoms with Crippen LogP contribution in [0.2, 0.25) is 5.02 Å². The summed E-state index contributed by atoms with van der Waals surface area (Å²) in [4.78, 5) is 22.9. The third-order valence-electron chi connectivity index (χ3n) is 3.98. The van der Waals surface area contributed by atoms with Crippen molar-refractivity contribution in [1.82, 2.24) is 9.97 Å². The van der Waals surface area contributed by atoms with E-state index in [0.29, 0.717) is 22.3 Å². The van der Waals surface area contributed by atoms with Crippen LogP contribution in [0.4, 0.5) is 22.1 Å². The van der Waals surface area contributed by atoms with Crippen molar-refractivity contribution >= 4 is 35.0 Å². The molecule has 0 saturated carbocycles. The number of carbonyl (C=O) groups excluding carboxylic acids is 1. The molecule has 0 aliphatic carbocycles. The van der Waals surface area contributed by atoms with Gasteiger partial charge < -0.3 is 15.0 Å². The minimum atomic E-state index is -0.427. The average Bonchev–Trinajstić information content (AvgIpc) is 2.63. The molecular weight excluding hydrogens is 342 g/mol. The Kier molecular flexibility index (Phi) is 5.55. The molecule has 1 aliphatic rings. The second kappa shape index (κ2) is 8.02. The van der Waals surface area contributed by atoms with Gasteiger partial charge in [0.05, 0.1) is 12.8 Å². The number of amides is 2. The number of hydrogen-bond acceptors (Lipinski definition) is 5. The molecule has 2 amide bonds. The molecule has 1 aliphatic heterocycles. The van der Waals surface area contributed by atoms with Gasteiger partial charge in [-0.1, -0.05) is 11.6 Å². The predicted molar refractivity (Wildman–Crippen MR) is 98.7 cm³/mol. The maximum absolute atomic E-state index is 12.3. The molecule has 1 aromatic carbocycles. The highest BCUT2D eigenvalue weighted by atomic mass is 35.5. The molecule has 25 heavy (non-hydrogen) atoms. The van der Waals surface area contributed by atoms with Crippen LogP contribution in [0.1, 0.15) is 19.3 Å². The highest BCUT2D eigenvalue weighted by Crippen LogP contribution is 2.27. The van der Waals surface area contributed by atoms with E-state index in [9.17, 15) is 4.79 Å². The van der Waals surface area contributed by atoms with E-state index < -0.39 is 6.03 Å². The molecule has 132 valence electrons. The van der Waals surface area contributed by atoms with Crippen molar-refractivity contribution in [2.24, 2.45) is 0 Å². The van der Waals surface area contributed by atoms with E-state index in [-0.39, 0.29) is 0 Å². The third-order valence-corrected chi connectivity index (χ3v) is 4.22. The van der Waals surface area contributed by atoms with Crippen molar-refractivity contribution in [3.05, 3.63) is 35.6 Å². The zero-order valence-corrected chi connectivity index (χ0v) is 14.7. The Labute approximate surface area is 151 Å². The molecule has 7 nitrogen and oxygen atoms in total. The minimum absolute atomic E-state index is 0.427. The SMILES string of the molecule is COc1ccc(Cl)cc1NC(=O)Nc1cc(N2CCCCC2)ncn1. The van der Waals surface area contributed by atoms with Crippen molar-refractivity contribution < 1.29 is 9.53 Å². The smallest absolute Gasteiger partial charge is 0.324 e. The number of anilines is 3. The molecule has 1 saturated heterocycles. The van der Waals surface area contributed by atoms with Gasteiger partial charge in [-0.2, -0.15) is 0 Å². The van der Waals surface area contributed by atoms with Crippen LogP contribution >= 0.6 is 11.6 Å². The van der Waals surface area contributed by atoms with Gasteiger partial charge in [-0.25, -0.2) is 14.8 Å². The van der Waals surface area contributed by atoms with Crippen LogP contribution in [0.3, 0.4) is 0 Å². The Bertz CT molecular complexity index is 750. The molecule has 2 aromatic rings. The Balaban J connectivity index is 1.68. The Morgan fingerprint density at radius 2 is 1.96 bits per heavy atom. The number of benzene rings is 1. The van der Waals surface area contributed by atoms with Crippen molar-refractivity contribution in [2.45, 2.75) is 19.3 Å². The van der Waals surface area contributed by atoms with Gasteiger partial charge >= 0.3 is 6.03 Å². The van der Waals surface area contributed by atoms with E-state index >= 15 is 0 Å². The average molecular weight is 362 g/mol. The normalized spacial score (nSPS) is 14.1. The zero-order chi connectivity index (χ0) is 17.6. The molecule has 8 heteroatoms. The van der Waals surface area contributed by atoms with E-state index in [2.05, 4.69) is 25.5 Å². The van der Waals surface area contributed by atoms with Crippen LogP contribution in [-0.4, -0.2) is 36.2 Å². The number of methoxy groups -OCH3 is 1. The summed E-state index contributed by atoms with van der Waals surface area (Å²) in [6, 6.07) is 6.36. The molecule has 2 heterocycles. The highest BCUT2D eigenvalue weighted by molar-refractivity contribution is 6.31. The van der Waals surface area contributed by atoms with Gasteiger partial charge in [-0.15, -0.1) is 0 Å². The molecule has 0 unspecified atom stereocenters. The number of hydrogen-bond donors (Lipinski definition) is 2. The maximum atomic E-state index is 12.3. The lowest BCUT2D eigenvalue weighted by atomic mass is 10.1. The molecule has 0 atom stereocenters. The lowest BCUT2D eigenvalue weighted by Crippen LogP contribution is -2.30. The summed E-state index contributed by atoms with van der Waals surface area (Å²) in [5.41, 5.74) is 0.484. The van der Waals surface area contributed by atoms with Crippen LogP contribution in [0, 0.1) is 0 Å². The van der Waals surface area contributed by atoms with E-state index in [1.807, 2.05) is 0 Å². The number of ether oxygens (including phenoxy) is 1. The largest absolute Gasteiger partial charge is 0.495 e. The number of halogens is 1. The van der Waals surface area contributed by atoms with Gasteiger partial charge in [0.2, 0.25) is 0 Å². The summed E-state index contributed by atoms with van der Waals surface area (Å²) in [7, 11) is 1.53. The quantitative estimate of drug-likeness (QED) is 0.866. The van der Waals surface area contributed by atoms with Crippen LogP contribution in [-0.2, 0) is 0 Å². The maximum Gasteiger partial charge on any atom is 0.324 e. The lowest BCUT2D eigenvalue weighted by Gasteiger charge is -2.27. The molecule has 0 bridgehead atoms. The number of piperidine rings is 1. The van der Waals surface area contributed by atoms with E-state index in [0.717, 1.165) is 31.7 Å². The van der Waals surface area contributed by atoms with E-state index in [1.54, 1.807) is 24.3 Å². The summed E-state index contributed by atoms with van der Waals surface area (Å²) in [5.74, 6) is 1.79. The zero-order valence-electron chi connectivity index (χ0n) is 14.0. The summed E-state index contributed by atoms with van der Waals surface area (Å²) in [6.45, 7) is 1.95. The molecule has 2 N–H and O–H groups in total. The monoisotopic (exact) mass is 361 g/mol. The topological polar surface area (TPSA) is 79.4 Å². The second-order valence-electron chi connectivity index (χ2n) is 5.73. The first kappa shape index (κ1) is 17.3. The standard InChI is InChI=1S/C17H20ClN5O2/c1-25-14-6-5-12(18)9-13(14)21-17(24)22-15-10-16(20-11-19-15)23-7-3-2-4-8-23/h5-6,9-11H,2-4,7-8H2,1H3,(H2,19,20,21,22,24). The lowest BCUT2D eigenvalue weighted by molar-refractivity contribution is 0.262. The number of urea groups is 1. The van der Waals surface area contributed by atoms with Crippen molar-refractivity contribution in [3.8, 4) is 5.75 Å². The van der Waals surface area contributed by atoms with Gasteiger partial charge in [-0.05, 0) is 37.5 Å². The Hall–Kier alpha value is -2.54. The molecule has 1 aromatic heterocycles. The van der Waals surface area contributed by atoms with Gasteiger partial charge in [0.15, 0.2) is 0 Å². The number of nitrogens with one attached hydrogen (secondary N) is 2. The van der Waals surface area contributed by atoms with Crippen LogP contribution < -0.4 is 20.3 Å². The number of nitrogens with zero attached hydrogens (tertiary/aromatic N) is 3. The second-order valence-corrected chi connectivity index (χ2v) is 6.17. The number of aromatic nitrogens is 2. The first-order valence-electron chi connectivity index (χ1n) is 8.14. The first-order valence-corrected chi connectivity index (χ1v) is 8.52. The van der Waals surface area contributed by atoms with E-state index in [4.69, 9.17) is 16.3 Å². The van der Waals surface area contributed by atoms with Crippen LogP contribution in [0.5, 0.6) is 5.75 Å². The fourth-order valence-corrected chi connectivity index (χ4v) is 2.93. The van der Waals surface area contributed by atoms with Crippen LogP contribution in [0.15, 0.2) is 30.6 Å². The molecule has 0 radical (unpaired) electrons. The van der Waals surface area contributed by atoms with Gasteiger partial charge in [-0.3, -0.25) is 5.32 Å². The first-order chi connectivity index (χ1) is 12.2. The minimum Gasteiger partial charge on any atom is -0.495 e. The number of rotatable bonds is 4. The summed E-state index contributed by atoms with van der Waals surface area (Å²) in [5, 5.41) is 5.94. The Morgan fingerprint density at radius 1 is 1.16 bits per heavy atom. The van der Waals surface area contributed by atoms with Crippen molar-refractivity contribution in [3.63, 3.8) is 0 Å². The predicted octanol–water partition coefficient (Wildman–Crippen LogP) is 3.77. The van der Waals surface area contributed by atoms with Gasteiger partial charge in [0, 0.05) is 24.2 Å². The van der Waals surface area contributed by atoms with Crippen molar-refractivity contribution in [2.75, 3.05) is 35.7 Å².